The number of carbonyl (C=O) groups excluding carboxylic acids is 2. The molecule has 14 heteroatoms. The molecule has 2 aromatic carbocycles. The molecule has 0 radical (unpaired) electrons. The highest BCUT2D eigenvalue weighted by Crippen LogP contribution is 2.43. The van der Waals surface area contributed by atoms with E-state index in [1.807, 2.05) is 24.3 Å². The first-order chi connectivity index (χ1) is 22.0. The SMILES string of the molecule is CC(C)(C)OC(=O)N1[C@H](CF)[C@@H](c2ccc(B(O)O)cc2)OC1(C)C.CC(C)(C)OC(=O)N1[C@H](CF)[C@@H](c2ccc(Br)cc2)OC1(C)C. The number of ether oxygens (including phenoxy) is 4. The average molecular weight is 741 g/mol. The molecule has 2 N–H and O–H groups in total. The number of nitrogens with zero attached hydrogens (tertiary/aromatic N) is 2. The van der Waals surface area contributed by atoms with Crippen LogP contribution in [0.5, 0.6) is 0 Å². The molecule has 0 aromatic heterocycles. The van der Waals surface area contributed by atoms with Crippen molar-refractivity contribution < 1.29 is 47.4 Å². The standard InChI is InChI=1S/C17H25BFNO5.C17H23BrFNO3/c1-16(2,3)25-15(21)20-13(10-19)14(24-17(20,4)5)11-6-8-12(9-7-11)18(22)23;1-16(2,3)23-15(21)20-13(10-19)14(22-17(20,4)5)11-6-8-12(18)9-7-11/h6-9,13-14,22-23H,10H2,1-5H3;6-9,13-14H,10H2,1-5H3/t2*13-,14-/m11/s1. The molecule has 2 saturated heterocycles. The van der Waals surface area contributed by atoms with Crippen molar-refractivity contribution in [1.82, 2.24) is 9.80 Å². The molecule has 4 atom stereocenters. The maximum Gasteiger partial charge on any atom is 0.488 e. The highest BCUT2D eigenvalue weighted by Gasteiger charge is 2.53. The van der Waals surface area contributed by atoms with Crippen LogP contribution in [0.1, 0.15) is 92.6 Å². The zero-order valence-corrected chi connectivity index (χ0v) is 30.9. The summed E-state index contributed by atoms with van der Waals surface area (Å²) in [5, 5.41) is 18.4. The van der Waals surface area contributed by atoms with Crippen molar-refractivity contribution >= 4 is 40.7 Å². The summed E-state index contributed by atoms with van der Waals surface area (Å²) in [6.07, 6.45) is -2.41. The van der Waals surface area contributed by atoms with E-state index >= 15 is 0 Å². The lowest BCUT2D eigenvalue weighted by molar-refractivity contribution is -0.0807. The van der Waals surface area contributed by atoms with Crippen molar-refractivity contribution in [3.05, 3.63) is 64.1 Å². The minimum atomic E-state index is -1.58. The van der Waals surface area contributed by atoms with Gasteiger partial charge in [-0.05, 0) is 98.0 Å². The van der Waals surface area contributed by atoms with Gasteiger partial charge in [-0.3, -0.25) is 9.80 Å². The Labute approximate surface area is 290 Å². The monoisotopic (exact) mass is 740 g/mol. The van der Waals surface area contributed by atoms with Crippen molar-refractivity contribution in [3.63, 3.8) is 0 Å². The Morgan fingerprint density at radius 2 is 1.08 bits per heavy atom. The van der Waals surface area contributed by atoms with Gasteiger partial charge in [-0.25, -0.2) is 18.4 Å². The van der Waals surface area contributed by atoms with E-state index in [1.54, 1.807) is 81.4 Å². The predicted molar refractivity (Wildman–Crippen MR) is 182 cm³/mol. The summed E-state index contributed by atoms with van der Waals surface area (Å²) in [7, 11) is -1.58. The van der Waals surface area contributed by atoms with E-state index in [4.69, 9.17) is 18.9 Å². The van der Waals surface area contributed by atoms with Gasteiger partial charge in [0.15, 0.2) is 0 Å². The highest BCUT2D eigenvalue weighted by molar-refractivity contribution is 9.10. The van der Waals surface area contributed by atoms with Crippen LogP contribution in [0.4, 0.5) is 18.4 Å². The molecule has 10 nitrogen and oxygen atoms in total. The Morgan fingerprint density at radius 1 is 0.750 bits per heavy atom. The molecule has 2 aliphatic heterocycles. The van der Waals surface area contributed by atoms with Crippen LogP contribution in [-0.2, 0) is 18.9 Å². The first-order valence-corrected chi connectivity index (χ1v) is 16.5. The van der Waals surface area contributed by atoms with Gasteiger partial charge in [0.05, 0.1) is 12.1 Å². The first kappa shape index (κ1) is 39.7. The number of alkyl halides is 2. The highest BCUT2D eigenvalue weighted by atomic mass is 79.9. The normalized spacial score (nSPS) is 23.3. The van der Waals surface area contributed by atoms with Crippen LogP contribution < -0.4 is 5.46 Å². The zero-order valence-electron chi connectivity index (χ0n) is 29.3. The van der Waals surface area contributed by atoms with Crippen LogP contribution in [-0.4, -0.2) is 87.2 Å². The van der Waals surface area contributed by atoms with Crippen molar-refractivity contribution in [2.24, 2.45) is 0 Å². The van der Waals surface area contributed by atoms with Crippen LogP contribution >= 0.6 is 15.9 Å². The fourth-order valence-electron chi connectivity index (χ4n) is 5.68. The Balaban J connectivity index is 0.000000261. The molecule has 0 unspecified atom stereocenters. The number of rotatable bonds is 5. The number of amides is 2. The van der Waals surface area contributed by atoms with Crippen LogP contribution in [0.25, 0.3) is 0 Å². The second-order valence-corrected chi connectivity index (χ2v) is 15.6. The van der Waals surface area contributed by atoms with Gasteiger partial charge in [0.2, 0.25) is 0 Å². The van der Waals surface area contributed by atoms with E-state index in [-0.39, 0.29) is 0 Å². The molecule has 2 aliphatic rings. The Bertz CT molecular complexity index is 1400. The largest absolute Gasteiger partial charge is 0.488 e. The third-order valence-corrected chi connectivity index (χ3v) is 8.14. The second-order valence-electron chi connectivity index (χ2n) is 14.7. The fourth-order valence-corrected chi connectivity index (χ4v) is 5.95. The number of hydrogen-bond donors (Lipinski definition) is 2. The van der Waals surface area contributed by atoms with Crippen LogP contribution in [0, 0.1) is 0 Å². The van der Waals surface area contributed by atoms with Crippen molar-refractivity contribution in [1.29, 1.82) is 0 Å². The quantitative estimate of drug-likeness (QED) is 0.331. The van der Waals surface area contributed by atoms with Gasteiger partial charge in [-0.1, -0.05) is 52.3 Å². The molecule has 0 aliphatic carbocycles. The summed E-state index contributed by atoms with van der Waals surface area (Å²) in [5.74, 6) is 0. The summed E-state index contributed by atoms with van der Waals surface area (Å²) in [6, 6.07) is 12.2. The third kappa shape index (κ3) is 9.68. The lowest BCUT2D eigenvalue weighted by atomic mass is 9.80. The van der Waals surface area contributed by atoms with E-state index in [0.717, 1.165) is 10.0 Å². The van der Waals surface area contributed by atoms with E-state index in [0.29, 0.717) is 11.0 Å². The van der Waals surface area contributed by atoms with E-state index in [2.05, 4.69) is 15.9 Å². The lowest BCUT2D eigenvalue weighted by Crippen LogP contribution is -2.50. The van der Waals surface area contributed by atoms with Gasteiger partial charge in [0.25, 0.3) is 0 Å². The van der Waals surface area contributed by atoms with Crippen molar-refractivity contribution in [2.75, 3.05) is 13.3 Å². The molecule has 2 amide bonds. The van der Waals surface area contributed by atoms with Crippen LogP contribution in [0.3, 0.4) is 0 Å². The Kier molecular flexibility index (Phi) is 12.4. The molecular formula is C34H48BBrF2N2O8. The van der Waals surface area contributed by atoms with Gasteiger partial charge in [0.1, 0.15) is 48.2 Å². The zero-order chi connectivity index (χ0) is 36.4. The molecular weight excluding hydrogens is 693 g/mol. The minimum Gasteiger partial charge on any atom is -0.444 e. The van der Waals surface area contributed by atoms with Crippen LogP contribution in [0.2, 0.25) is 0 Å². The molecule has 0 spiro atoms. The molecule has 2 aromatic rings. The van der Waals surface area contributed by atoms with Gasteiger partial charge in [-0.15, -0.1) is 0 Å². The Morgan fingerprint density at radius 3 is 1.38 bits per heavy atom. The molecule has 0 saturated carbocycles. The smallest absolute Gasteiger partial charge is 0.444 e. The van der Waals surface area contributed by atoms with E-state index < -0.39 is 79.6 Å². The predicted octanol–water partition coefficient (Wildman–Crippen LogP) is 6.58. The number of carbonyl (C=O) groups is 2. The number of benzene rings is 2. The summed E-state index contributed by atoms with van der Waals surface area (Å²) in [4.78, 5) is 27.7. The maximum atomic E-state index is 13.8. The molecule has 0 bridgehead atoms. The van der Waals surface area contributed by atoms with Gasteiger partial charge < -0.3 is 29.0 Å². The minimum absolute atomic E-state index is 0.321. The first-order valence-electron chi connectivity index (χ1n) is 15.7. The molecule has 266 valence electrons. The van der Waals surface area contributed by atoms with Crippen molar-refractivity contribution in [2.45, 2.75) is 116 Å². The summed E-state index contributed by atoms with van der Waals surface area (Å²) >= 11 is 3.38. The average Bonchev–Trinajstić information content (AvgIpc) is 3.40. The summed E-state index contributed by atoms with van der Waals surface area (Å²) in [5.41, 5.74) is -1.55. The fraction of sp³-hybridized carbons (Fsp3) is 0.588. The molecule has 2 heterocycles. The molecule has 48 heavy (non-hydrogen) atoms. The van der Waals surface area contributed by atoms with Gasteiger partial charge in [-0.2, -0.15) is 0 Å². The van der Waals surface area contributed by atoms with Crippen molar-refractivity contribution in [3.8, 4) is 0 Å². The van der Waals surface area contributed by atoms with Gasteiger partial charge in [0, 0.05) is 4.47 Å². The lowest BCUT2D eigenvalue weighted by Gasteiger charge is -2.34. The Hall–Kier alpha value is -2.78. The number of halogens is 3. The topological polar surface area (TPSA) is 118 Å². The van der Waals surface area contributed by atoms with Crippen LogP contribution in [0.15, 0.2) is 53.0 Å². The second kappa shape index (κ2) is 15.0. The van der Waals surface area contributed by atoms with Gasteiger partial charge >= 0.3 is 19.3 Å². The van der Waals surface area contributed by atoms with E-state index in [9.17, 15) is 28.4 Å². The maximum absolute atomic E-state index is 13.8. The van der Waals surface area contributed by atoms with E-state index in [1.165, 1.54) is 21.9 Å². The molecule has 4 rings (SSSR count). The summed E-state index contributed by atoms with van der Waals surface area (Å²) < 4.78 is 51.3. The number of hydrogen-bond acceptors (Lipinski definition) is 8. The summed E-state index contributed by atoms with van der Waals surface area (Å²) in [6.45, 7) is 16.0. The molecule has 2 fully saturated rings. The third-order valence-electron chi connectivity index (χ3n) is 7.61.